The Balaban J connectivity index is 1.71. The Morgan fingerprint density at radius 2 is 1.73 bits per heavy atom. The standard InChI is InChI=1S/C24H22N2O4/c1-2-16-7-11-18(12-8-16)26-23(25-21-6-4-3-5-20(21)24(26)29)17-9-13-19(14-10-17)30-15-22(27)28/h3-14,23,25H,2,15H2,1H3,(H,27,28)/t23-/m0/s1. The topological polar surface area (TPSA) is 78.9 Å². The Labute approximate surface area is 174 Å². The zero-order chi connectivity index (χ0) is 21.1. The van der Waals surface area contributed by atoms with Crippen molar-refractivity contribution in [2.75, 3.05) is 16.8 Å². The molecule has 1 heterocycles. The molecule has 0 spiro atoms. The number of hydrogen-bond acceptors (Lipinski definition) is 4. The number of aryl methyl sites for hydroxylation is 1. The molecule has 1 atom stereocenters. The van der Waals surface area contributed by atoms with Gasteiger partial charge in [0, 0.05) is 11.4 Å². The van der Waals surface area contributed by atoms with Gasteiger partial charge in [-0.2, -0.15) is 0 Å². The predicted octanol–water partition coefficient (Wildman–Crippen LogP) is 4.48. The number of para-hydroxylation sites is 1. The second-order valence-corrected chi connectivity index (χ2v) is 7.04. The fraction of sp³-hybridized carbons (Fsp3) is 0.167. The third-order valence-electron chi connectivity index (χ3n) is 5.11. The maximum Gasteiger partial charge on any atom is 0.341 e. The van der Waals surface area contributed by atoms with Crippen LogP contribution in [0.15, 0.2) is 72.8 Å². The second kappa shape index (κ2) is 8.29. The van der Waals surface area contributed by atoms with Gasteiger partial charge in [0.25, 0.3) is 5.91 Å². The Hall–Kier alpha value is -3.80. The summed E-state index contributed by atoms with van der Waals surface area (Å²) in [5.74, 6) is -0.649. The van der Waals surface area contributed by atoms with Crippen molar-refractivity contribution in [2.45, 2.75) is 19.5 Å². The summed E-state index contributed by atoms with van der Waals surface area (Å²) in [6.45, 7) is 1.69. The first-order valence-electron chi connectivity index (χ1n) is 9.79. The number of rotatable bonds is 6. The monoisotopic (exact) mass is 402 g/mol. The van der Waals surface area contributed by atoms with Crippen LogP contribution in [0.5, 0.6) is 5.75 Å². The second-order valence-electron chi connectivity index (χ2n) is 7.04. The van der Waals surface area contributed by atoms with Crippen LogP contribution >= 0.6 is 0 Å². The number of nitrogens with one attached hydrogen (secondary N) is 1. The molecule has 3 aromatic rings. The lowest BCUT2D eigenvalue weighted by molar-refractivity contribution is -0.139. The molecule has 0 saturated heterocycles. The molecule has 6 heteroatoms. The molecule has 152 valence electrons. The number of ether oxygens (including phenoxy) is 1. The molecule has 30 heavy (non-hydrogen) atoms. The van der Waals surface area contributed by atoms with Crippen molar-refractivity contribution in [3.05, 3.63) is 89.5 Å². The number of aliphatic carboxylic acids is 1. The van der Waals surface area contributed by atoms with Crippen molar-refractivity contribution in [2.24, 2.45) is 0 Å². The lowest BCUT2D eigenvalue weighted by Gasteiger charge is -2.38. The van der Waals surface area contributed by atoms with E-state index in [1.54, 1.807) is 17.0 Å². The molecule has 0 radical (unpaired) electrons. The number of amides is 1. The quantitative estimate of drug-likeness (QED) is 0.635. The molecule has 0 fully saturated rings. The number of carboxylic acids is 1. The van der Waals surface area contributed by atoms with E-state index in [9.17, 15) is 9.59 Å². The number of benzene rings is 3. The zero-order valence-corrected chi connectivity index (χ0v) is 16.5. The van der Waals surface area contributed by atoms with Crippen LogP contribution in [0.4, 0.5) is 11.4 Å². The van der Waals surface area contributed by atoms with Gasteiger partial charge in [-0.3, -0.25) is 9.69 Å². The SMILES string of the molecule is CCc1ccc(N2C(=O)c3ccccc3N[C@@H]2c2ccc(OCC(=O)O)cc2)cc1. The van der Waals surface area contributed by atoms with Crippen molar-refractivity contribution in [1.82, 2.24) is 0 Å². The van der Waals surface area contributed by atoms with Crippen molar-refractivity contribution in [1.29, 1.82) is 0 Å². The van der Waals surface area contributed by atoms with Crippen molar-refractivity contribution >= 4 is 23.3 Å². The van der Waals surface area contributed by atoms with Crippen molar-refractivity contribution < 1.29 is 19.4 Å². The average molecular weight is 402 g/mol. The molecule has 0 aliphatic carbocycles. The van der Waals surface area contributed by atoms with E-state index >= 15 is 0 Å². The molecular formula is C24H22N2O4. The van der Waals surface area contributed by atoms with Crippen LogP contribution in [0, 0.1) is 0 Å². The molecular weight excluding hydrogens is 380 g/mol. The third kappa shape index (κ3) is 3.85. The smallest absolute Gasteiger partial charge is 0.341 e. The molecule has 1 aliphatic heterocycles. The van der Waals surface area contributed by atoms with E-state index in [4.69, 9.17) is 9.84 Å². The van der Waals surface area contributed by atoms with Gasteiger partial charge >= 0.3 is 5.97 Å². The van der Waals surface area contributed by atoms with Crippen molar-refractivity contribution in [3.8, 4) is 5.75 Å². The minimum atomic E-state index is -1.03. The predicted molar refractivity (Wildman–Crippen MR) is 115 cm³/mol. The summed E-state index contributed by atoms with van der Waals surface area (Å²) in [4.78, 5) is 25.8. The molecule has 6 nitrogen and oxygen atoms in total. The Kier molecular flexibility index (Phi) is 5.39. The summed E-state index contributed by atoms with van der Waals surface area (Å²) in [6.07, 6.45) is 0.518. The van der Waals surface area contributed by atoms with E-state index in [1.165, 1.54) is 5.56 Å². The van der Waals surface area contributed by atoms with Crippen LogP contribution in [-0.2, 0) is 11.2 Å². The van der Waals surface area contributed by atoms with Crippen LogP contribution in [0.2, 0.25) is 0 Å². The number of carbonyl (C=O) groups excluding carboxylic acids is 1. The first-order chi connectivity index (χ1) is 14.6. The number of hydrogen-bond donors (Lipinski definition) is 2. The zero-order valence-electron chi connectivity index (χ0n) is 16.5. The van der Waals surface area contributed by atoms with Crippen LogP contribution < -0.4 is 15.0 Å². The highest BCUT2D eigenvalue weighted by atomic mass is 16.5. The van der Waals surface area contributed by atoms with Gasteiger partial charge in [0.2, 0.25) is 0 Å². The highest BCUT2D eigenvalue weighted by Crippen LogP contribution is 2.37. The molecule has 0 unspecified atom stereocenters. The van der Waals surface area contributed by atoms with Crippen LogP contribution in [0.25, 0.3) is 0 Å². The van der Waals surface area contributed by atoms with Gasteiger partial charge in [0.15, 0.2) is 6.61 Å². The number of carboxylic acid groups (broad SMARTS) is 1. The molecule has 1 amide bonds. The van der Waals surface area contributed by atoms with Gasteiger partial charge in [0.1, 0.15) is 11.9 Å². The summed E-state index contributed by atoms with van der Waals surface area (Å²) in [7, 11) is 0. The Morgan fingerprint density at radius 3 is 2.40 bits per heavy atom. The van der Waals surface area contributed by atoms with E-state index in [0.717, 1.165) is 23.4 Å². The molecule has 0 aromatic heterocycles. The summed E-state index contributed by atoms with van der Waals surface area (Å²) in [6, 6.07) is 22.5. The van der Waals surface area contributed by atoms with Gasteiger partial charge < -0.3 is 15.2 Å². The van der Waals surface area contributed by atoms with Crippen LogP contribution in [-0.4, -0.2) is 23.6 Å². The molecule has 1 aliphatic rings. The molecule has 0 saturated carbocycles. The summed E-state index contributed by atoms with van der Waals surface area (Å²) < 4.78 is 5.22. The van der Waals surface area contributed by atoms with Crippen molar-refractivity contribution in [3.63, 3.8) is 0 Å². The third-order valence-corrected chi connectivity index (χ3v) is 5.11. The highest BCUT2D eigenvalue weighted by molar-refractivity contribution is 6.12. The Bertz CT molecular complexity index is 1060. The molecule has 4 rings (SSSR count). The summed E-state index contributed by atoms with van der Waals surface area (Å²) in [5, 5.41) is 12.2. The largest absolute Gasteiger partial charge is 0.482 e. The summed E-state index contributed by atoms with van der Waals surface area (Å²) >= 11 is 0. The van der Waals surface area contributed by atoms with Crippen LogP contribution in [0.1, 0.15) is 34.6 Å². The van der Waals surface area contributed by atoms with E-state index in [0.29, 0.717) is 11.3 Å². The first-order valence-corrected chi connectivity index (χ1v) is 9.79. The summed E-state index contributed by atoms with van der Waals surface area (Å²) in [5.41, 5.74) is 4.26. The van der Waals surface area contributed by atoms with E-state index in [-0.39, 0.29) is 5.91 Å². The van der Waals surface area contributed by atoms with Crippen LogP contribution in [0.3, 0.4) is 0 Å². The maximum atomic E-state index is 13.4. The van der Waals surface area contributed by atoms with Gasteiger partial charge in [-0.15, -0.1) is 0 Å². The normalized spacial score (nSPS) is 15.3. The fourth-order valence-corrected chi connectivity index (χ4v) is 3.54. The molecule has 3 aromatic carbocycles. The van der Waals surface area contributed by atoms with E-state index in [1.807, 2.05) is 60.7 Å². The molecule has 2 N–H and O–H groups in total. The lowest BCUT2D eigenvalue weighted by Crippen LogP contribution is -2.43. The number of anilines is 2. The first kappa shape index (κ1) is 19.5. The van der Waals surface area contributed by atoms with E-state index < -0.39 is 18.7 Å². The van der Waals surface area contributed by atoms with Gasteiger partial charge in [0.05, 0.1) is 5.56 Å². The average Bonchev–Trinajstić information content (AvgIpc) is 2.78. The Morgan fingerprint density at radius 1 is 1.03 bits per heavy atom. The van der Waals surface area contributed by atoms with Gasteiger partial charge in [-0.05, 0) is 53.9 Å². The minimum Gasteiger partial charge on any atom is -0.482 e. The van der Waals surface area contributed by atoms with Gasteiger partial charge in [-0.25, -0.2) is 4.79 Å². The maximum absolute atomic E-state index is 13.4. The number of nitrogens with zero attached hydrogens (tertiary/aromatic N) is 1. The van der Waals surface area contributed by atoms with Gasteiger partial charge in [-0.1, -0.05) is 43.3 Å². The lowest BCUT2D eigenvalue weighted by atomic mass is 10.0. The number of fused-ring (bicyclic) bond motifs is 1. The highest BCUT2D eigenvalue weighted by Gasteiger charge is 2.33. The fourth-order valence-electron chi connectivity index (χ4n) is 3.54. The molecule has 0 bridgehead atoms. The number of carbonyl (C=O) groups is 2. The van der Waals surface area contributed by atoms with E-state index in [2.05, 4.69) is 12.2 Å². The minimum absolute atomic E-state index is 0.0789.